The third-order valence-corrected chi connectivity index (χ3v) is 6.07. The number of benzene rings is 1. The first kappa shape index (κ1) is 25.9. The average Bonchev–Trinajstić information content (AvgIpc) is 2.64. The van der Waals surface area contributed by atoms with E-state index in [2.05, 4.69) is 35.2 Å². The van der Waals surface area contributed by atoms with Crippen molar-refractivity contribution < 1.29 is 36.2 Å². The molecule has 0 amide bonds. The van der Waals surface area contributed by atoms with E-state index in [1.807, 2.05) is 0 Å². The fourth-order valence-corrected chi connectivity index (χ4v) is 3.34. The molecule has 2 N–H and O–H groups in total. The maximum absolute atomic E-state index is 13.5. The third kappa shape index (κ3) is 7.36. The van der Waals surface area contributed by atoms with Crippen LogP contribution >= 0.6 is 0 Å². The van der Waals surface area contributed by atoms with Crippen LogP contribution in [0.4, 0.5) is 32.2 Å². The molecular weight excluding hydrogens is 456 g/mol. The lowest BCUT2D eigenvalue weighted by Gasteiger charge is -2.19. The van der Waals surface area contributed by atoms with E-state index in [0.29, 0.717) is 6.07 Å². The van der Waals surface area contributed by atoms with Gasteiger partial charge in [0.25, 0.3) is 0 Å². The lowest BCUT2D eigenvalue weighted by atomic mass is 10.00. The van der Waals surface area contributed by atoms with Crippen molar-refractivity contribution in [2.24, 2.45) is 0 Å². The zero-order chi connectivity index (χ0) is 24.3. The SMILES string of the molecule is C[C@@H](O)CNc1nnc(-c2ccc(C(F)(F)F)cc2C(F)(F)F)cc1OCC[Si](C)(C)C. The quantitative estimate of drug-likeness (QED) is 0.375. The normalized spacial score (nSPS) is 13.7. The summed E-state index contributed by atoms with van der Waals surface area (Å²) in [6.07, 6.45) is -10.7. The number of aromatic nitrogens is 2. The smallest absolute Gasteiger partial charge is 0.417 e. The molecule has 1 aromatic heterocycles. The van der Waals surface area contributed by atoms with Gasteiger partial charge in [-0.05, 0) is 25.1 Å². The highest BCUT2D eigenvalue weighted by molar-refractivity contribution is 6.76. The van der Waals surface area contributed by atoms with Gasteiger partial charge in [0, 0.05) is 26.2 Å². The average molecular weight is 482 g/mol. The Kier molecular flexibility index (Phi) is 7.82. The van der Waals surface area contributed by atoms with Crippen LogP contribution in [0.25, 0.3) is 11.3 Å². The number of halogens is 6. The van der Waals surface area contributed by atoms with Gasteiger partial charge in [-0.1, -0.05) is 25.7 Å². The molecule has 1 atom stereocenters. The summed E-state index contributed by atoms with van der Waals surface area (Å²) in [5, 5.41) is 19.9. The first-order valence-corrected chi connectivity index (χ1v) is 13.5. The van der Waals surface area contributed by atoms with Gasteiger partial charge in [-0.15, -0.1) is 10.2 Å². The van der Waals surface area contributed by atoms with Crippen molar-refractivity contribution in [3.05, 3.63) is 35.4 Å². The minimum absolute atomic E-state index is 0.0579. The second kappa shape index (κ2) is 9.65. The molecule has 0 aliphatic rings. The molecule has 5 nitrogen and oxygen atoms in total. The Balaban J connectivity index is 2.51. The molecule has 12 heteroatoms. The Morgan fingerprint density at radius 3 is 2.22 bits per heavy atom. The Morgan fingerprint density at radius 2 is 1.69 bits per heavy atom. The van der Waals surface area contributed by atoms with Gasteiger partial charge in [0.15, 0.2) is 11.6 Å². The van der Waals surface area contributed by atoms with Gasteiger partial charge in [-0.2, -0.15) is 26.3 Å². The minimum atomic E-state index is -5.04. The van der Waals surface area contributed by atoms with Crippen LogP contribution in [-0.2, 0) is 12.4 Å². The number of ether oxygens (including phenoxy) is 1. The van der Waals surface area contributed by atoms with E-state index in [1.54, 1.807) is 0 Å². The van der Waals surface area contributed by atoms with Gasteiger partial charge < -0.3 is 15.2 Å². The Hall–Kier alpha value is -2.34. The van der Waals surface area contributed by atoms with Gasteiger partial charge in [0.2, 0.25) is 0 Å². The van der Waals surface area contributed by atoms with Crippen LogP contribution in [0.2, 0.25) is 25.7 Å². The lowest BCUT2D eigenvalue weighted by molar-refractivity contribution is -0.142. The summed E-state index contributed by atoms with van der Waals surface area (Å²) in [6.45, 7) is 8.26. The number of alkyl halides is 6. The van der Waals surface area contributed by atoms with Crippen LogP contribution in [0.1, 0.15) is 18.1 Å². The molecule has 1 heterocycles. The molecule has 0 saturated carbocycles. The van der Waals surface area contributed by atoms with Crippen LogP contribution in [-0.4, -0.2) is 42.6 Å². The molecule has 0 unspecified atom stereocenters. The highest BCUT2D eigenvalue weighted by atomic mass is 28.3. The van der Waals surface area contributed by atoms with Gasteiger partial charge in [-0.3, -0.25) is 0 Å². The van der Waals surface area contributed by atoms with Crippen LogP contribution < -0.4 is 10.1 Å². The molecule has 0 bridgehead atoms. The number of hydrogen-bond acceptors (Lipinski definition) is 5. The van der Waals surface area contributed by atoms with Crippen molar-refractivity contribution in [3.63, 3.8) is 0 Å². The monoisotopic (exact) mass is 481 g/mol. The van der Waals surface area contributed by atoms with Crippen molar-refractivity contribution in [3.8, 4) is 17.0 Å². The van der Waals surface area contributed by atoms with Crippen molar-refractivity contribution in [1.29, 1.82) is 0 Å². The molecule has 0 saturated heterocycles. The summed E-state index contributed by atoms with van der Waals surface area (Å²) in [5.74, 6) is 0.215. The maximum Gasteiger partial charge on any atom is 0.417 e. The van der Waals surface area contributed by atoms with E-state index in [-0.39, 0.29) is 36.5 Å². The molecule has 0 aliphatic heterocycles. The molecule has 0 fully saturated rings. The predicted molar refractivity (Wildman–Crippen MR) is 111 cm³/mol. The summed E-state index contributed by atoms with van der Waals surface area (Å²) in [7, 11) is -1.48. The third-order valence-electron chi connectivity index (χ3n) is 4.36. The molecule has 0 aliphatic carbocycles. The number of rotatable bonds is 8. The van der Waals surface area contributed by atoms with Crippen molar-refractivity contribution in [2.45, 2.75) is 51.1 Å². The molecule has 2 rings (SSSR count). The van der Waals surface area contributed by atoms with E-state index in [4.69, 9.17) is 4.74 Å². The van der Waals surface area contributed by atoms with E-state index in [9.17, 15) is 31.4 Å². The van der Waals surface area contributed by atoms with Crippen LogP contribution in [0.5, 0.6) is 5.75 Å². The van der Waals surface area contributed by atoms with E-state index in [1.165, 1.54) is 13.0 Å². The number of nitrogens with one attached hydrogen (secondary N) is 1. The summed E-state index contributed by atoms with van der Waals surface area (Å²) < 4.78 is 85.2. The fourth-order valence-electron chi connectivity index (χ4n) is 2.63. The number of nitrogens with zero attached hydrogens (tertiary/aromatic N) is 2. The lowest BCUT2D eigenvalue weighted by Crippen LogP contribution is -2.23. The van der Waals surface area contributed by atoms with E-state index >= 15 is 0 Å². The molecule has 2 aromatic rings. The van der Waals surface area contributed by atoms with Crippen LogP contribution in [0.3, 0.4) is 0 Å². The number of aliphatic hydroxyl groups is 1. The second-order valence-corrected chi connectivity index (χ2v) is 14.2. The molecule has 178 valence electrons. The maximum atomic E-state index is 13.5. The van der Waals surface area contributed by atoms with E-state index in [0.717, 1.165) is 12.1 Å². The summed E-state index contributed by atoms with van der Waals surface area (Å²) in [6, 6.07) is 3.32. The molecule has 1 aromatic carbocycles. The Morgan fingerprint density at radius 1 is 1.03 bits per heavy atom. The minimum Gasteiger partial charge on any atom is -0.490 e. The van der Waals surface area contributed by atoms with Gasteiger partial charge >= 0.3 is 12.4 Å². The van der Waals surface area contributed by atoms with E-state index < -0.39 is 43.2 Å². The summed E-state index contributed by atoms with van der Waals surface area (Å²) in [5.41, 5.74) is -3.71. The van der Waals surface area contributed by atoms with Gasteiger partial charge in [0.05, 0.1) is 29.5 Å². The fraction of sp³-hybridized carbons (Fsp3) is 0.500. The molecule has 32 heavy (non-hydrogen) atoms. The highest BCUT2D eigenvalue weighted by Crippen LogP contribution is 2.41. The topological polar surface area (TPSA) is 67.3 Å². The van der Waals surface area contributed by atoms with Crippen molar-refractivity contribution in [2.75, 3.05) is 18.5 Å². The Bertz CT molecular complexity index is 927. The number of hydrogen-bond donors (Lipinski definition) is 2. The second-order valence-electron chi connectivity index (χ2n) is 8.59. The zero-order valence-corrected chi connectivity index (χ0v) is 19.0. The molecule has 0 radical (unpaired) electrons. The van der Waals surface area contributed by atoms with Crippen molar-refractivity contribution in [1.82, 2.24) is 10.2 Å². The van der Waals surface area contributed by atoms with Gasteiger partial charge in [-0.25, -0.2) is 0 Å². The van der Waals surface area contributed by atoms with Crippen LogP contribution in [0.15, 0.2) is 24.3 Å². The summed E-state index contributed by atoms with van der Waals surface area (Å²) >= 11 is 0. The van der Waals surface area contributed by atoms with Crippen molar-refractivity contribution >= 4 is 13.9 Å². The number of anilines is 1. The highest BCUT2D eigenvalue weighted by Gasteiger charge is 2.38. The summed E-state index contributed by atoms with van der Waals surface area (Å²) in [4.78, 5) is 0. The predicted octanol–water partition coefficient (Wildman–Crippen LogP) is 5.69. The van der Waals surface area contributed by atoms with Crippen LogP contribution in [0, 0.1) is 0 Å². The first-order chi connectivity index (χ1) is 14.6. The van der Waals surface area contributed by atoms with Gasteiger partial charge in [0.1, 0.15) is 0 Å². The molecule has 0 spiro atoms. The molecular formula is C20H25F6N3O2Si. The largest absolute Gasteiger partial charge is 0.490 e. The standard InChI is InChI=1S/C20H25F6N3O2Si/c1-12(30)11-27-18-17(31-7-8-32(2,3)4)10-16(28-29-18)14-6-5-13(19(21,22)23)9-15(14)20(24,25)26/h5-6,9-10,12,30H,7-8,11H2,1-4H3,(H,27,29)/t12-/m1/s1. The first-order valence-electron chi connectivity index (χ1n) is 9.79. The number of aliphatic hydroxyl groups excluding tert-OH is 1. The Labute approximate surface area is 182 Å². The zero-order valence-electron chi connectivity index (χ0n) is 18.0.